The minimum atomic E-state index is -0.101. The average molecular weight is 378 g/mol. The van der Waals surface area contributed by atoms with Crippen LogP contribution >= 0.6 is 0 Å². The summed E-state index contributed by atoms with van der Waals surface area (Å²) in [7, 11) is 0. The molecule has 2 aromatic carbocycles. The van der Waals surface area contributed by atoms with E-state index in [1.54, 1.807) is 4.90 Å². The van der Waals surface area contributed by atoms with Crippen LogP contribution in [0.3, 0.4) is 0 Å². The van der Waals surface area contributed by atoms with Crippen molar-refractivity contribution in [2.75, 3.05) is 18.1 Å². The monoisotopic (exact) mass is 378 g/mol. The fourth-order valence-corrected chi connectivity index (χ4v) is 3.82. The van der Waals surface area contributed by atoms with Crippen molar-refractivity contribution in [3.05, 3.63) is 60.2 Å². The van der Waals surface area contributed by atoms with E-state index in [4.69, 9.17) is 4.74 Å². The van der Waals surface area contributed by atoms with Crippen LogP contribution in [0.15, 0.2) is 54.6 Å². The van der Waals surface area contributed by atoms with Crippen LogP contribution in [0.1, 0.15) is 31.7 Å². The Morgan fingerprint density at radius 2 is 1.86 bits per heavy atom. The number of hydrogen-bond donors (Lipinski definition) is 0. The molecule has 0 spiro atoms. The fourth-order valence-electron chi connectivity index (χ4n) is 3.82. The zero-order chi connectivity index (χ0) is 19.5. The van der Waals surface area contributed by atoms with E-state index in [1.165, 1.54) is 12.8 Å². The van der Waals surface area contributed by atoms with Gasteiger partial charge in [0.15, 0.2) is 6.61 Å². The number of fused-ring (bicyclic) bond motifs is 1. The lowest BCUT2D eigenvalue weighted by Crippen LogP contribution is -2.44. The summed E-state index contributed by atoms with van der Waals surface area (Å²) >= 11 is 0. The number of hydrogen-bond acceptors (Lipinski definition) is 3. The molecule has 1 saturated carbocycles. The summed E-state index contributed by atoms with van der Waals surface area (Å²) in [5.41, 5.74) is 1.88. The van der Waals surface area contributed by atoms with Gasteiger partial charge >= 0.3 is 0 Å². The molecule has 1 fully saturated rings. The number of ether oxygens (including phenoxy) is 1. The Balaban J connectivity index is 1.46. The van der Waals surface area contributed by atoms with Gasteiger partial charge in [-0.2, -0.15) is 0 Å². The zero-order valence-corrected chi connectivity index (χ0v) is 16.2. The van der Waals surface area contributed by atoms with E-state index < -0.39 is 0 Å². The van der Waals surface area contributed by atoms with Crippen molar-refractivity contribution in [3.8, 4) is 5.75 Å². The van der Waals surface area contributed by atoms with Crippen LogP contribution in [-0.4, -0.2) is 35.9 Å². The highest BCUT2D eigenvalue weighted by atomic mass is 16.5. The van der Waals surface area contributed by atoms with Crippen LogP contribution < -0.4 is 9.64 Å². The Labute approximate surface area is 165 Å². The molecule has 1 aliphatic heterocycles. The van der Waals surface area contributed by atoms with Gasteiger partial charge in [-0.15, -0.1) is 0 Å². The normalized spacial score (nSPS) is 16.9. The summed E-state index contributed by atoms with van der Waals surface area (Å²) in [5.74, 6) is 1.29. The lowest BCUT2D eigenvalue weighted by Gasteiger charge is -2.32. The standard InChI is InChI=1S/C23H26N2O3/c1-17(19-11-12-19)25(15-18-7-3-2-4-8-18)22(26)13-14-24-20-9-5-6-10-21(20)28-16-23(24)27/h2-10,17,19H,11-16H2,1H3. The Bertz CT molecular complexity index is 848. The van der Waals surface area contributed by atoms with Crippen LogP contribution in [0.25, 0.3) is 0 Å². The van der Waals surface area contributed by atoms with Crippen molar-refractivity contribution in [3.63, 3.8) is 0 Å². The Hall–Kier alpha value is -2.82. The number of carbonyl (C=O) groups is 2. The molecule has 146 valence electrons. The summed E-state index contributed by atoms with van der Waals surface area (Å²) in [5, 5.41) is 0. The second-order valence-electron chi connectivity index (χ2n) is 7.64. The van der Waals surface area contributed by atoms with E-state index in [9.17, 15) is 9.59 Å². The maximum atomic E-state index is 13.1. The molecule has 0 bridgehead atoms. The van der Waals surface area contributed by atoms with Gasteiger partial charge < -0.3 is 14.5 Å². The van der Waals surface area contributed by atoms with Crippen molar-refractivity contribution >= 4 is 17.5 Å². The number of rotatable bonds is 7. The second kappa shape index (κ2) is 8.05. The van der Waals surface area contributed by atoms with Gasteiger partial charge in [-0.25, -0.2) is 0 Å². The molecule has 0 aromatic heterocycles. The first kappa shape index (κ1) is 18.5. The predicted octanol–water partition coefficient (Wildman–Crippen LogP) is 3.63. The highest BCUT2D eigenvalue weighted by molar-refractivity contribution is 5.98. The number of benzene rings is 2. The summed E-state index contributed by atoms with van der Waals surface area (Å²) in [4.78, 5) is 29.2. The van der Waals surface area contributed by atoms with Gasteiger partial charge in [-0.1, -0.05) is 42.5 Å². The number of amides is 2. The molecule has 1 unspecified atom stereocenters. The predicted molar refractivity (Wildman–Crippen MR) is 108 cm³/mol. The van der Waals surface area contributed by atoms with Crippen molar-refractivity contribution in [2.45, 2.75) is 38.8 Å². The van der Waals surface area contributed by atoms with Gasteiger partial charge in [0.2, 0.25) is 5.91 Å². The summed E-state index contributed by atoms with van der Waals surface area (Å²) < 4.78 is 5.49. The Kier molecular flexibility index (Phi) is 5.33. The van der Waals surface area contributed by atoms with Gasteiger partial charge in [0.05, 0.1) is 5.69 Å². The van der Waals surface area contributed by atoms with E-state index in [2.05, 4.69) is 19.1 Å². The molecule has 2 aliphatic rings. The average Bonchev–Trinajstić information content (AvgIpc) is 3.57. The van der Waals surface area contributed by atoms with Gasteiger partial charge in [0, 0.05) is 25.6 Å². The molecule has 2 aromatic rings. The summed E-state index contributed by atoms with van der Waals surface area (Å²) in [6.07, 6.45) is 2.69. The first-order valence-corrected chi connectivity index (χ1v) is 9.99. The molecule has 0 saturated heterocycles. The minimum absolute atomic E-state index is 0.0252. The lowest BCUT2D eigenvalue weighted by molar-refractivity contribution is -0.134. The molecule has 1 heterocycles. The minimum Gasteiger partial charge on any atom is -0.482 e. The first-order chi connectivity index (χ1) is 13.6. The summed E-state index contributed by atoms with van der Waals surface area (Å²) in [6.45, 7) is 3.16. The van der Waals surface area contributed by atoms with Crippen molar-refractivity contribution in [1.29, 1.82) is 0 Å². The molecular formula is C23H26N2O3. The maximum absolute atomic E-state index is 13.1. The van der Waals surface area contributed by atoms with E-state index in [0.29, 0.717) is 31.2 Å². The molecule has 1 atom stereocenters. The molecule has 5 heteroatoms. The van der Waals surface area contributed by atoms with Crippen molar-refractivity contribution < 1.29 is 14.3 Å². The lowest BCUT2D eigenvalue weighted by atomic mass is 10.1. The molecule has 28 heavy (non-hydrogen) atoms. The molecule has 1 aliphatic carbocycles. The van der Waals surface area contributed by atoms with E-state index in [1.807, 2.05) is 47.4 Å². The van der Waals surface area contributed by atoms with Gasteiger partial charge in [0.25, 0.3) is 5.91 Å². The Morgan fingerprint density at radius 3 is 2.61 bits per heavy atom. The largest absolute Gasteiger partial charge is 0.482 e. The maximum Gasteiger partial charge on any atom is 0.265 e. The molecule has 0 N–H and O–H groups in total. The number of para-hydroxylation sites is 2. The van der Waals surface area contributed by atoms with E-state index in [-0.39, 0.29) is 24.5 Å². The fraction of sp³-hybridized carbons (Fsp3) is 0.391. The van der Waals surface area contributed by atoms with Crippen LogP contribution in [0.2, 0.25) is 0 Å². The number of nitrogens with zero attached hydrogens (tertiary/aromatic N) is 2. The van der Waals surface area contributed by atoms with Gasteiger partial charge in [-0.05, 0) is 43.4 Å². The molecule has 4 rings (SSSR count). The quantitative estimate of drug-likeness (QED) is 0.739. The van der Waals surface area contributed by atoms with Crippen LogP contribution in [0, 0.1) is 5.92 Å². The van der Waals surface area contributed by atoms with Crippen LogP contribution in [0.4, 0.5) is 5.69 Å². The molecular weight excluding hydrogens is 352 g/mol. The smallest absolute Gasteiger partial charge is 0.265 e. The van der Waals surface area contributed by atoms with Crippen LogP contribution in [0.5, 0.6) is 5.75 Å². The molecule has 2 amide bonds. The summed E-state index contributed by atoms with van der Waals surface area (Å²) in [6, 6.07) is 17.8. The molecule has 0 radical (unpaired) electrons. The topological polar surface area (TPSA) is 49.9 Å². The van der Waals surface area contributed by atoms with Gasteiger partial charge in [-0.3, -0.25) is 9.59 Å². The highest BCUT2D eigenvalue weighted by Gasteiger charge is 2.34. The SMILES string of the molecule is CC(C1CC1)N(Cc1ccccc1)C(=O)CCN1C(=O)COc2ccccc21. The van der Waals surface area contributed by atoms with Crippen LogP contribution in [-0.2, 0) is 16.1 Å². The highest BCUT2D eigenvalue weighted by Crippen LogP contribution is 2.36. The van der Waals surface area contributed by atoms with Gasteiger partial charge in [0.1, 0.15) is 5.75 Å². The van der Waals surface area contributed by atoms with E-state index in [0.717, 1.165) is 11.3 Å². The molecule has 5 nitrogen and oxygen atoms in total. The third kappa shape index (κ3) is 4.03. The third-order valence-corrected chi connectivity index (χ3v) is 5.67. The van der Waals surface area contributed by atoms with E-state index >= 15 is 0 Å². The Morgan fingerprint density at radius 1 is 1.14 bits per heavy atom. The zero-order valence-electron chi connectivity index (χ0n) is 16.2. The van der Waals surface area contributed by atoms with Crippen molar-refractivity contribution in [1.82, 2.24) is 4.90 Å². The number of carbonyl (C=O) groups excluding carboxylic acids is 2. The number of anilines is 1. The first-order valence-electron chi connectivity index (χ1n) is 9.99. The van der Waals surface area contributed by atoms with Crippen molar-refractivity contribution in [2.24, 2.45) is 5.92 Å². The second-order valence-corrected chi connectivity index (χ2v) is 7.64. The third-order valence-electron chi connectivity index (χ3n) is 5.67.